The average molecular weight is 280 g/mol. The van der Waals surface area contributed by atoms with Crippen LogP contribution in [0.15, 0.2) is 0 Å². The number of H-pyrrole nitrogens is 1. The summed E-state index contributed by atoms with van der Waals surface area (Å²) in [6.45, 7) is 4.07. The lowest BCUT2D eigenvalue weighted by atomic mass is 9.95. The van der Waals surface area contributed by atoms with Crippen molar-refractivity contribution in [2.24, 2.45) is 17.8 Å². The number of aromatic nitrogens is 3. The van der Waals surface area contributed by atoms with Gasteiger partial charge in [-0.05, 0) is 25.7 Å². The van der Waals surface area contributed by atoms with Gasteiger partial charge in [-0.25, -0.2) is 4.98 Å². The summed E-state index contributed by atoms with van der Waals surface area (Å²) in [4.78, 5) is 29.3. The maximum absolute atomic E-state index is 12.4. The minimum absolute atomic E-state index is 0.135. The molecule has 7 nitrogen and oxygen atoms in total. The molecule has 0 spiro atoms. The molecule has 0 bridgehead atoms. The number of aromatic amines is 1. The number of amides is 1. The molecule has 1 unspecified atom stereocenters. The van der Waals surface area contributed by atoms with E-state index in [1.165, 1.54) is 4.90 Å². The van der Waals surface area contributed by atoms with Crippen LogP contribution in [0.25, 0.3) is 0 Å². The first kappa shape index (κ1) is 14.5. The zero-order chi connectivity index (χ0) is 14.9. The third-order valence-corrected chi connectivity index (χ3v) is 3.83. The fraction of sp³-hybridized carbons (Fsp3) is 0.692. The summed E-state index contributed by atoms with van der Waals surface area (Å²) in [5.41, 5.74) is 0. The number of hydrogen-bond acceptors (Lipinski definition) is 4. The summed E-state index contributed by atoms with van der Waals surface area (Å²) in [6, 6.07) is 0. The largest absolute Gasteiger partial charge is 0.481 e. The number of carbonyl (C=O) groups is 2. The summed E-state index contributed by atoms with van der Waals surface area (Å²) in [5.74, 6) is -0.528. The van der Waals surface area contributed by atoms with Crippen LogP contribution in [-0.4, -0.2) is 44.1 Å². The standard InChI is InChI=1S/C13H20N4O3/c1-7-4-9(10(5-7)13(19)20)12(18)17(3)6-11-14-8(2)15-16-11/h7,9-10H,4-6H2,1-3H3,(H,19,20)(H,14,15,16)/t7?,9-,10+/m0/s1. The zero-order valence-electron chi connectivity index (χ0n) is 12.0. The van der Waals surface area contributed by atoms with Crippen molar-refractivity contribution in [2.75, 3.05) is 7.05 Å². The van der Waals surface area contributed by atoms with Crippen molar-refractivity contribution in [3.63, 3.8) is 0 Å². The van der Waals surface area contributed by atoms with Crippen molar-refractivity contribution in [3.05, 3.63) is 11.6 Å². The lowest BCUT2D eigenvalue weighted by molar-refractivity contribution is -0.148. The number of carbonyl (C=O) groups excluding carboxylic acids is 1. The summed E-state index contributed by atoms with van der Waals surface area (Å²) in [6.07, 6.45) is 1.20. The maximum atomic E-state index is 12.4. The van der Waals surface area contributed by atoms with E-state index in [0.717, 1.165) is 0 Å². The highest BCUT2D eigenvalue weighted by Gasteiger charge is 2.42. The molecule has 7 heteroatoms. The summed E-state index contributed by atoms with van der Waals surface area (Å²) in [5, 5.41) is 15.9. The molecule has 2 N–H and O–H groups in total. The summed E-state index contributed by atoms with van der Waals surface area (Å²) >= 11 is 0. The van der Waals surface area contributed by atoms with Crippen LogP contribution in [0.2, 0.25) is 0 Å². The molecule has 110 valence electrons. The lowest BCUT2D eigenvalue weighted by Crippen LogP contribution is -2.36. The molecule has 2 rings (SSSR count). The van der Waals surface area contributed by atoms with E-state index in [9.17, 15) is 14.7 Å². The molecule has 0 aromatic carbocycles. The van der Waals surface area contributed by atoms with Crippen LogP contribution in [0.1, 0.15) is 31.4 Å². The highest BCUT2D eigenvalue weighted by atomic mass is 16.4. The van der Waals surface area contributed by atoms with Crippen LogP contribution < -0.4 is 0 Å². The topological polar surface area (TPSA) is 99.2 Å². The van der Waals surface area contributed by atoms with Gasteiger partial charge in [0.25, 0.3) is 0 Å². The first-order chi connectivity index (χ1) is 9.38. The molecule has 1 heterocycles. The van der Waals surface area contributed by atoms with Crippen LogP contribution in [0.4, 0.5) is 0 Å². The Labute approximate surface area is 117 Å². The molecule has 1 amide bonds. The molecule has 1 aliphatic rings. The first-order valence-corrected chi connectivity index (χ1v) is 6.74. The van der Waals surface area contributed by atoms with E-state index >= 15 is 0 Å². The third kappa shape index (κ3) is 2.97. The fourth-order valence-corrected chi connectivity index (χ4v) is 2.87. The summed E-state index contributed by atoms with van der Waals surface area (Å²) in [7, 11) is 1.66. The minimum Gasteiger partial charge on any atom is -0.481 e. The van der Waals surface area contributed by atoms with E-state index in [1.807, 2.05) is 6.92 Å². The van der Waals surface area contributed by atoms with Gasteiger partial charge < -0.3 is 10.0 Å². The second kappa shape index (κ2) is 5.60. The Kier molecular flexibility index (Phi) is 4.06. The number of hydrogen-bond donors (Lipinski definition) is 2. The molecule has 3 atom stereocenters. The zero-order valence-corrected chi connectivity index (χ0v) is 12.0. The third-order valence-electron chi connectivity index (χ3n) is 3.83. The Morgan fingerprint density at radius 1 is 1.40 bits per heavy atom. The molecule has 1 aliphatic carbocycles. The molecular weight excluding hydrogens is 260 g/mol. The van der Waals surface area contributed by atoms with Crippen LogP contribution >= 0.6 is 0 Å². The number of aryl methyl sites for hydroxylation is 1. The SMILES string of the molecule is Cc1nc(CN(C)C(=O)[C@H]2CC(C)C[C@H]2C(=O)O)n[nH]1. The number of nitrogens with one attached hydrogen (secondary N) is 1. The van der Waals surface area contributed by atoms with E-state index in [0.29, 0.717) is 31.0 Å². The van der Waals surface area contributed by atoms with Gasteiger partial charge in [-0.15, -0.1) is 0 Å². The average Bonchev–Trinajstić information content (AvgIpc) is 2.94. The van der Waals surface area contributed by atoms with Gasteiger partial charge in [0, 0.05) is 7.05 Å². The Morgan fingerprint density at radius 2 is 2.05 bits per heavy atom. The highest BCUT2D eigenvalue weighted by molar-refractivity contribution is 5.85. The van der Waals surface area contributed by atoms with Gasteiger partial charge in [0.15, 0.2) is 5.82 Å². The van der Waals surface area contributed by atoms with Gasteiger partial charge in [-0.2, -0.15) is 5.10 Å². The van der Waals surface area contributed by atoms with Gasteiger partial charge >= 0.3 is 5.97 Å². The van der Waals surface area contributed by atoms with Crippen molar-refractivity contribution in [2.45, 2.75) is 33.2 Å². The Bertz CT molecular complexity index is 513. The lowest BCUT2D eigenvalue weighted by Gasteiger charge is -2.22. The molecule has 0 radical (unpaired) electrons. The van der Waals surface area contributed by atoms with E-state index < -0.39 is 17.8 Å². The Balaban J connectivity index is 2.04. The maximum Gasteiger partial charge on any atom is 0.307 e. The van der Waals surface area contributed by atoms with Gasteiger partial charge in [0.2, 0.25) is 5.91 Å². The second-order valence-electron chi connectivity index (χ2n) is 5.66. The number of nitrogens with zero attached hydrogens (tertiary/aromatic N) is 3. The second-order valence-corrected chi connectivity index (χ2v) is 5.66. The van der Waals surface area contributed by atoms with E-state index in [1.54, 1.807) is 14.0 Å². The molecule has 1 saturated carbocycles. The Hall–Kier alpha value is -1.92. The highest BCUT2D eigenvalue weighted by Crippen LogP contribution is 2.37. The van der Waals surface area contributed by atoms with E-state index in [4.69, 9.17) is 0 Å². The molecular formula is C13H20N4O3. The van der Waals surface area contributed by atoms with Crippen molar-refractivity contribution >= 4 is 11.9 Å². The van der Waals surface area contributed by atoms with Crippen molar-refractivity contribution in [1.29, 1.82) is 0 Å². The van der Waals surface area contributed by atoms with Crippen LogP contribution in [0.3, 0.4) is 0 Å². The van der Waals surface area contributed by atoms with Crippen molar-refractivity contribution in [1.82, 2.24) is 20.1 Å². The molecule has 1 aromatic heterocycles. The minimum atomic E-state index is -0.880. The number of rotatable bonds is 4. The van der Waals surface area contributed by atoms with Gasteiger partial charge in [-0.1, -0.05) is 6.92 Å². The predicted octanol–water partition coefficient (Wildman–Crippen LogP) is 0.818. The smallest absolute Gasteiger partial charge is 0.307 e. The number of aliphatic carboxylic acids is 1. The Morgan fingerprint density at radius 3 is 2.60 bits per heavy atom. The van der Waals surface area contributed by atoms with E-state index in [2.05, 4.69) is 15.2 Å². The van der Waals surface area contributed by atoms with Crippen LogP contribution in [0.5, 0.6) is 0 Å². The molecule has 1 aromatic rings. The van der Waals surface area contributed by atoms with Crippen molar-refractivity contribution in [3.8, 4) is 0 Å². The molecule has 0 aliphatic heterocycles. The van der Waals surface area contributed by atoms with E-state index in [-0.39, 0.29) is 11.8 Å². The van der Waals surface area contributed by atoms with Crippen molar-refractivity contribution < 1.29 is 14.7 Å². The molecule has 1 fully saturated rings. The molecule has 0 saturated heterocycles. The van der Waals surface area contributed by atoms with Gasteiger partial charge in [0.05, 0.1) is 18.4 Å². The van der Waals surface area contributed by atoms with Gasteiger partial charge in [0.1, 0.15) is 5.82 Å². The first-order valence-electron chi connectivity index (χ1n) is 6.74. The fourth-order valence-electron chi connectivity index (χ4n) is 2.87. The monoisotopic (exact) mass is 280 g/mol. The van der Waals surface area contributed by atoms with Gasteiger partial charge in [-0.3, -0.25) is 14.7 Å². The number of carboxylic acid groups (broad SMARTS) is 1. The molecule has 20 heavy (non-hydrogen) atoms. The predicted molar refractivity (Wildman–Crippen MR) is 70.6 cm³/mol. The normalized spacial score (nSPS) is 25.6. The van der Waals surface area contributed by atoms with Crippen LogP contribution in [0, 0.1) is 24.7 Å². The van der Waals surface area contributed by atoms with Crippen LogP contribution in [-0.2, 0) is 16.1 Å². The quantitative estimate of drug-likeness (QED) is 0.850. The summed E-state index contributed by atoms with van der Waals surface area (Å²) < 4.78 is 0. The number of carboxylic acids is 1.